The molecule has 1 atom stereocenters. The van der Waals surface area contributed by atoms with Gasteiger partial charge < -0.3 is 15.0 Å². The molecule has 92 valence electrons. The highest BCUT2D eigenvalue weighted by atomic mass is 32.1. The Labute approximate surface area is 102 Å². The zero-order valence-corrected chi connectivity index (χ0v) is 11.3. The molecule has 0 saturated heterocycles. The van der Waals surface area contributed by atoms with E-state index in [1.807, 2.05) is 13.2 Å². The van der Waals surface area contributed by atoms with E-state index in [0.717, 1.165) is 24.7 Å². The highest BCUT2D eigenvalue weighted by Gasteiger charge is 2.10. The van der Waals surface area contributed by atoms with E-state index in [9.17, 15) is 0 Å². The van der Waals surface area contributed by atoms with Crippen LogP contribution in [-0.4, -0.2) is 39.3 Å². The first kappa shape index (κ1) is 13.4. The van der Waals surface area contributed by atoms with Crippen LogP contribution in [0.3, 0.4) is 0 Å². The Hall–Kier alpha value is -0.650. The van der Waals surface area contributed by atoms with Crippen molar-refractivity contribution in [3.05, 3.63) is 11.1 Å². The van der Waals surface area contributed by atoms with Crippen molar-refractivity contribution in [2.75, 3.05) is 39.3 Å². The molecule has 0 aliphatic rings. The van der Waals surface area contributed by atoms with Crippen molar-refractivity contribution >= 4 is 16.5 Å². The average Bonchev–Trinajstić information content (AvgIpc) is 2.77. The van der Waals surface area contributed by atoms with Crippen molar-refractivity contribution in [1.29, 1.82) is 0 Å². The van der Waals surface area contributed by atoms with Gasteiger partial charge in [-0.05, 0) is 20.4 Å². The molecule has 1 rings (SSSR count). The molecular weight excluding hydrogens is 222 g/mol. The Morgan fingerprint density at radius 3 is 3.00 bits per heavy atom. The van der Waals surface area contributed by atoms with E-state index in [0.29, 0.717) is 6.04 Å². The Morgan fingerprint density at radius 2 is 2.38 bits per heavy atom. The van der Waals surface area contributed by atoms with Gasteiger partial charge in [0.15, 0.2) is 5.13 Å². The number of ether oxygens (including phenoxy) is 1. The predicted octanol–water partition coefficient (Wildman–Crippen LogP) is 1.90. The quantitative estimate of drug-likeness (QED) is 0.742. The van der Waals surface area contributed by atoms with Crippen LogP contribution in [0.5, 0.6) is 0 Å². The summed E-state index contributed by atoms with van der Waals surface area (Å²) < 4.78 is 5.04. The van der Waals surface area contributed by atoms with E-state index >= 15 is 0 Å². The number of rotatable bonds is 7. The van der Waals surface area contributed by atoms with Gasteiger partial charge in [-0.15, -0.1) is 11.3 Å². The maximum Gasteiger partial charge on any atom is 0.185 e. The van der Waals surface area contributed by atoms with Gasteiger partial charge in [0, 0.05) is 44.4 Å². The molecule has 0 amide bonds. The second kappa shape index (κ2) is 6.83. The molecule has 16 heavy (non-hydrogen) atoms. The van der Waals surface area contributed by atoms with Gasteiger partial charge in [0.1, 0.15) is 0 Å². The standard InChI is InChI=1S/C11H21N3OS/c1-9(12-2)10-8-13-11(16-10)14(3)6-5-7-15-4/h8-9,12H,5-7H2,1-4H3. The fourth-order valence-corrected chi connectivity index (χ4v) is 2.30. The summed E-state index contributed by atoms with van der Waals surface area (Å²) in [5.74, 6) is 0. The molecule has 0 saturated carbocycles. The van der Waals surface area contributed by atoms with Crippen LogP contribution in [0.2, 0.25) is 0 Å². The second-order valence-electron chi connectivity index (χ2n) is 3.82. The minimum absolute atomic E-state index is 0.374. The molecule has 0 fully saturated rings. The summed E-state index contributed by atoms with van der Waals surface area (Å²) >= 11 is 1.74. The summed E-state index contributed by atoms with van der Waals surface area (Å²) in [4.78, 5) is 7.88. The highest BCUT2D eigenvalue weighted by Crippen LogP contribution is 2.26. The van der Waals surface area contributed by atoms with Crippen molar-refractivity contribution in [3.8, 4) is 0 Å². The Bertz CT molecular complexity index is 303. The molecule has 5 heteroatoms. The molecule has 1 unspecified atom stereocenters. The van der Waals surface area contributed by atoms with E-state index in [4.69, 9.17) is 4.74 Å². The summed E-state index contributed by atoms with van der Waals surface area (Å²) in [5, 5.41) is 4.29. The lowest BCUT2D eigenvalue weighted by atomic mass is 10.3. The summed E-state index contributed by atoms with van der Waals surface area (Å²) in [7, 11) is 5.77. The molecule has 0 aliphatic carbocycles. The second-order valence-corrected chi connectivity index (χ2v) is 4.86. The number of thiazole rings is 1. The number of hydrogen-bond donors (Lipinski definition) is 1. The Balaban J connectivity index is 2.49. The molecule has 0 aromatic carbocycles. The van der Waals surface area contributed by atoms with Gasteiger partial charge in [-0.2, -0.15) is 0 Å². The lowest BCUT2D eigenvalue weighted by molar-refractivity contribution is 0.196. The maximum atomic E-state index is 5.04. The first-order valence-electron chi connectivity index (χ1n) is 5.52. The van der Waals surface area contributed by atoms with Crippen LogP contribution < -0.4 is 10.2 Å². The van der Waals surface area contributed by atoms with E-state index in [-0.39, 0.29) is 0 Å². The van der Waals surface area contributed by atoms with E-state index in [1.165, 1.54) is 4.88 Å². The zero-order chi connectivity index (χ0) is 12.0. The average molecular weight is 243 g/mol. The monoisotopic (exact) mass is 243 g/mol. The number of anilines is 1. The predicted molar refractivity (Wildman–Crippen MR) is 69.4 cm³/mol. The van der Waals surface area contributed by atoms with Crippen LogP contribution >= 0.6 is 11.3 Å². The number of hydrogen-bond acceptors (Lipinski definition) is 5. The summed E-state index contributed by atoms with van der Waals surface area (Å²) in [6.07, 6.45) is 2.98. The third-order valence-corrected chi connectivity index (χ3v) is 3.83. The lowest BCUT2D eigenvalue weighted by Gasteiger charge is -2.15. The fourth-order valence-electron chi connectivity index (χ4n) is 1.34. The SMILES string of the molecule is CNC(C)c1cnc(N(C)CCCOC)s1. The van der Waals surface area contributed by atoms with Crippen molar-refractivity contribution in [1.82, 2.24) is 10.3 Å². The van der Waals surface area contributed by atoms with Crippen molar-refractivity contribution in [2.45, 2.75) is 19.4 Å². The molecule has 0 spiro atoms. The van der Waals surface area contributed by atoms with Gasteiger partial charge in [0.25, 0.3) is 0 Å². The molecule has 0 radical (unpaired) electrons. The number of methoxy groups -OCH3 is 1. The molecule has 1 heterocycles. The molecular formula is C11H21N3OS. The van der Waals surface area contributed by atoms with Crippen LogP contribution in [0.25, 0.3) is 0 Å². The number of aromatic nitrogens is 1. The molecule has 4 nitrogen and oxygen atoms in total. The van der Waals surface area contributed by atoms with Crippen molar-refractivity contribution in [3.63, 3.8) is 0 Å². The van der Waals surface area contributed by atoms with Crippen LogP contribution in [0.15, 0.2) is 6.20 Å². The van der Waals surface area contributed by atoms with E-state index in [2.05, 4.69) is 29.2 Å². The van der Waals surface area contributed by atoms with Gasteiger partial charge in [-0.3, -0.25) is 0 Å². The zero-order valence-electron chi connectivity index (χ0n) is 10.5. The molecule has 1 N–H and O–H groups in total. The van der Waals surface area contributed by atoms with Gasteiger partial charge in [-0.25, -0.2) is 4.98 Å². The third kappa shape index (κ3) is 3.73. The summed E-state index contributed by atoms with van der Waals surface area (Å²) in [6, 6.07) is 0.374. The van der Waals surface area contributed by atoms with Gasteiger partial charge in [0.05, 0.1) is 0 Å². The number of nitrogens with one attached hydrogen (secondary N) is 1. The van der Waals surface area contributed by atoms with E-state index in [1.54, 1.807) is 18.4 Å². The van der Waals surface area contributed by atoms with Crippen LogP contribution in [-0.2, 0) is 4.74 Å². The summed E-state index contributed by atoms with van der Waals surface area (Å²) in [6.45, 7) is 3.92. The number of nitrogens with zero attached hydrogens (tertiary/aromatic N) is 2. The highest BCUT2D eigenvalue weighted by molar-refractivity contribution is 7.15. The van der Waals surface area contributed by atoms with Crippen LogP contribution in [0.1, 0.15) is 24.3 Å². The maximum absolute atomic E-state index is 5.04. The van der Waals surface area contributed by atoms with E-state index < -0.39 is 0 Å². The van der Waals surface area contributed by atoms with Gasteiger partial charge >= 0.3 is 0 Å². The third-order valence-electron chi connectivity index (χ3n) is 2.54. The lowest BCUT2D eigenvalue weighted by Crippen LogP contribution is -2.19. The Kier molecular flexibility index (Phi) is 5.73. The van der Waals surface area contributed by atoms with Gasteiger partial charge in [0.2, 0.25) is 0 Å². The first-order valence-corrected chi connectivity index (χ1v) is 6.33. The smallest absolute Gasteiger partial charge is 0.185 e. The minimum atomic E-state index is 0.374. The largest absolute Gasteiger partial charge is 0.385 e. The van der Waals surface area contributed by atoms with Crippen LogP contribution in [0, 0.1) is 0 Å². The molecule has 0 aliphatic heterocycles. The summed E-state index contributed by atoms with van der Waals surface area (Å²) in [5.41, 5.74) is 0. The molecule has 0 bridgehead atoms. The van der Waals surface area contributed by atoms with Gasteiger partial charge in [-0.1, -0.05) is 0 Å². The minimum Gasteiger partial charge on any atom is -0.385 e. The molecule has 1 aromatic rings. The normalized spacial score (nSPS) is 12.8. The molecule has 1 aromatic heterocycles. The fraction of sp³-hybridized carbons (Fsp3) is 0.727. The first-order chi connectivity index (χ1) is 7.69. The Morgan fingerprint density at radius 1 is 1.62 bits per heavy atom. The van der Waals surface area contributed by atoms with Crippen LogP contribution in [0.4, 0.5) is 5.13 Å². The van der Waals surface area contributed by atoms with Crippen molar-refractivity contribution < 1.29 is 4.74 Å². The topological polar surface area (TPSA) is 37.4 Å². The van der Waals surface area contributed by atoms with Crippen molar-refractivity contribution in [2.24, 2.45) is 0 Å².